The summed E-state index contributed by atoms with van der Waals surface area (Å²) in [4.78, 5) is 17.4. The molecule has 0 saturated carbocycles. The Bertz CT molecular complexity index is 628. The predicted octanol–water partition coefficient (Wildman–Crippen LogP) is 2.51. The molecular weight excluding hydrogens is 258 g/mol. The number of nitrogens with one attached hydrogen (secondary N) is 1. The maximum absolute atomic E-state index is 11.9. The summed E-state index contributed by atoms with van der Waals surface area (Å²) in [7, 11) is 0. The van der Waals surface area contributed by atoms with Crippen LogP contribution in [0, 0.1) is 11.3 Å². The van der Waals surface area contributed by atoms with E-state index < -0.39 is 0 Å². The number of amides is 1. The molecule has 0 fully saturated rings. The molecule has 0 spiro atoms. The summed E-state index contributed by atoms with van der Waals surface area (Å²) in [5.41, 5.74) is 0.974. The van der Waals surface area contributed by atoms with Gasteiger partial charge in [0.25, 0.3) is 5.91 Å². The lowest BCUT2D eigenvalue weighted by molar-refractivity contribution is 0.0951. The molecule has 0 saturated heterocycles. The van der Waals surface area contributed by atoms with Gasteiger partial charge in [-0.05, 0) is 24.6 Å². The molecular formula is C14H13N3OS. The summed E-state index contributed by atoms with van der Waals surface area (Å²) < 4.78 is 0. The zero-order valence-corrected chi connectivity index (χ0v) is 11.3. The first kappa shape index (κ1) is 13.2. The normalized spacial score (nSPS) is 9.89. The van der Waals surface area contributed by atoms with Crippen molar-refractivity contribution >= 4 is 17.2 Å². The van der Waals surface area contributed by atoms with Crippen LogP contribution < -0.4 is 5.32 Å². The molecule has 0 aliphatic heterocycles. The molecule has 1 aromatic heterocycles. The van der Waals surface area contributed by atoms with E-state index in [1.54, 1.807) is 35.6 Å². The van der Waals surface area contributed by atoms with E-state index in [2.05, 4.69) is 17.2 Å². The number of nitriles is 1. The number of aryl methyl sites for hydroxylation is 1. The Morgan fingerprint density at radius 3 is 3.05 bits per heavy atom. The van der Waals surface area contributed by atoms with Crippen molar-refractivity contribution in [2.45, 2.75) is 19.9 Å². The quantitative estimate of drug-likeness (QED) is 0.929. The third kappa shape index (κ3) is 3.39. The van der Waals surface area contributed by atoms with Gasteiger partial charge in [-0.2, -0.15) is 5.26 Å². The lowest BCUT2D eigenvalue weighted by atomic mass is 10.1. The van der Waals surface area contributed by atoms with Gasteiger partial charge in [-0.3, -0.25) is 4.79 Å². The van der Waals surface area contributed by atoms with E-state index in [0.717, 1.165) is 11.4 Å². The van der Waals surface area contributed by atoms with E-state index in [4.69, 9.17) is 5.26 Å². The largest absolute Gasteiger partial charge is 0.346 e. The standard InChI is InChI=1S/C14H13N3OS/c1-2-12-8-16-13(19-12)9-17-14(18)11-5-3-4-10(6-11)7-15/h3-6,8H,2,9H2,1H3,(H,17,18). The minimum atomic E-state index is -0.189. The lowest BCUT2D eigenvalue weighted by Gasteiger charge is -2.03. The maximum atomic E-state index is 11.9. The van der Waals surface area contributed by atoms with Crippen molar-refractivity contribution in [2.24, 2.45) is 0 Å². The second-order valence-corrected chi connectivity index (χ2v) is 5.15. The zero-order valence-electron chi connectivity index (χ0n) is 10.5. The fourth-order valence-corrected chi connectivity index (χ4v) is 2.38. The fourth-order valence-electron chi connectivity index (χ4n) is 1.58. The molecule has 0 aliphatic rings. The van der Waals surface area contributed by atoms with Crippen LogP contribution in [-0.4, -0.2) is 10.9 Å². The third-order valence-electron chi connectivity index (χ3n) is 2.60. The molecule has 19 heavy (non-hydrogen) atoms. The van der Waals surface area contributed by atoms with Gasteiger partial charge in [0, 0.05) is 16.6 Å². The number of hydrogen-bond donors (Lipinski definition) is 1. The molecule has 96 valence electrons. The summed E-state index contributed by atoms with van der Waals surface area (Å²) >= 11 is 1.60. The van der Waals surface area contributed by atoms with Crippen molar-refractivity contribution < 1.29 is 4.79 Å². The summed E-state index contributed by atoms with van der Waals surface area (Å²) in [6.07, 6.45) is 2.79. The first-order valence-electron chi connectivity index (χ1n) is 5.95. The van der Waals surface area contributed by atoms with Crippen molar-refractivity contribution in [3.8, 4) is 6.07 Å². The van der Waals surface area contributed by atoms with E-state index in [9.17, 15) is 4.79 Å². The Morgan fingerprint density at radius 1 is 1.53 bits per heavy atom. The monoisotopic (exact) mass is 271 g/mol. The van der Waals surface area contributed by atoms with Crippen LogP contribution >= 0.6 is 11.3 Å². The number of benzene rings is 1. The summed E-state index contributed by atoms with van der Waals surface area (Å²) in [5.74, 6) is -0.189. The van der Waals surface area contributed by atoms with Crippen LogP contribution in [0.3, 0.4) is 0 Å². The topological polar surface area (TPSA) is 65.8 Å². The van der Waals surface area contributed by atoms with Gasteiger partial charge in [-0.1, -0.05) is 13.0 Å². The number of aromatic nitrogens is 1. The van der Waals surface area contributed by atoms with Crippen molar-refractivity contribution in [1.82, 2.24) is 10.3 Å². The summed E-state index contributed by atoms with van der Waals surface area (Å²) in [5, 5.41) is 12.5. The Morgan fingerprint density at radius 2 is 2.37 bits per heavy atom. The molecule has 0 radical (unpaired) electrons. The molecule has 0 bridgehead atoms. The molecule has 0 unspecified atom stereocenters. The molecule has 1 heterocycles. The molecule has 1 aromatic carbocycles. The number of nitrogens with zero attached hydrogens (tertiary/aromatic N) is 2. The summed E-state index contributed by atoms with van der Waals surface area (Å²) in [6.45, 7) is 2.49. The zero-order chi connectivity index (χ0) is 13.7. The molecule has 1 N–H and O–H groups in total. The van der Waals surface area contributed by atoms with Crippen molar-refractivity contribution in [3.63, 3.8) is 0 Å². The van der Waals surface area contributed by atoms with E-state index in [-0.39, 0.29) is 5.91 Å². The summed E-state index contributed by atoms with van der Waals surface area (Å²) in [6, 6.07) is 8.66. The average Bonchev–Trinajstić information content (AvgIpc) is 2.93. The smallest absolute Gasteiger partial charge is 0.251 e. The first-order valence-corrected chi connectivity index (χ1v) is 6.76. The molecule has 1 amide bonds. The van der Waals surface area contributed by atoms with Crippen molar-refractivity contribution in [3.05, 3.63) is 51.5 Å². The number of rotatable bonds is 4. The van der Waals surface area contributed by atoms with Crippen LogP contribution in [0.4, 0.5) is 0 Å². The highest BCUT2D eigenvalue weighted by Crippen LogP contribution is 2.13. The number of thiazole rings is 1. The molecule has 4 nitrogen and oxygen atoms in total. The SMILES string of the molecule is CCc1cnc(CNC(=O)c2cccc(C#N)c2)s1. The number of carbonyl (C=O) groups excluding carboxylic acids is 1. The Labute approximate surface area is 115 Å². The first-order chi connectivity index (χ1) is 9.22. The second kappa shape index (κ2) is 6.12. The second-order valence-electron chi connectivity index (χ2n) is 3.95. The van der Waals surface area contributed by atoms with Gasteiger partial charge in [0.2, 0.25) is 0 Å². The van der Waals surface area contributed by atoms with E-state index >= 15 is 0 Å². The third-order valence-corrected chi connectivity index (χ3v) is 3.75. The van der Waals surface area contributed by atoms with E-state index in [1.807, 2.05) is 12.3 Å². The van der Waals surface area contributed by atoms with Gasteiger partial charge < -0.3 is 5.32 Å². The van der Waals surface area contributed by atoms with Crippen LogP contribution in [0.25, 0.3) is 0 Å². The van der Waals surface area contributed by atoms with Gasteiger partial charge >= 0.3 is 0 Å². The number of carbonyl (C=O) groups is 1. The molecule has 2 aromatic rings. The Balaban J connectivity index is 1.99. The highest BCUT2D eigenvalue weighted by Gasteiger charge is 2.07. The van der Waals surface area contributed by atoms with Crippen LogP contribution in [0.5, 0.6) is 0 Å². The van der Waals surface area contributed by atoms with Gasteiger partial charge in [-0.25, -0.2) is 4.98 Å². The Hall–Kier alpha value is -2.19. The van der Waals surface area contributed by atoms with Crippen LogP contribution in [0.2, 0.25) is 0 Å². The average molecular weight is 271 g/mol. The molecule has 2 rings (SSSR count). The van der Waals surface area contributed by atoms with Crippen molar-refractivity contribution in [1.29, 1.82) is 5.26 Å². The molecule has 0 aliphatic carbocycles. The highest BCUT2D eigenvalue weighted by atomic mass is 32.1. The van der Waals surface area contributed by atoms with Crippen LogP contribution in [0.1, 0.15) is 32.7 Å². The number of hydrogen-bond acceptors (Lipinski definition) is 4. The fraction of sp³-hybridized carbons (Fsp3) is 0.214. The van der Waals surface area contributed by atoms with Gasteiger partial charge in [-0.15, -0.1) is 11.3 Å². The van der Waals surface area contributed by atoms with Crippen LogP contribution in [-0.2, 0) is 13.0 Å². The lowest BCUT2D eigenvalue weighted by Crippen LogP contribution is -2.22. The van der Waals surface area contributed by atoms with E-state index in [1.165, 1.54) is 4.88 Å². The van der Waals surface area contributed by atoms with Crippen molar-refractivity contribution in [2.75, 3.05) is 0 Å². The minimum Gasteiger partial charge on any atom is -0.346 e. The Kier molecular flexibility index (Phi) is 4.26. The van der Waals surface area contributed by atoms with E-state index in [0.29, 0.717) is 17.7 Å². The van der Waals surface area contributed by atoms with Crippen LogP contribution in [0.15, 0.2) is 30.5 Å². The van der Waals surface area contributed by atoms with Gasteiger partial charge in [0.15, 0.2) is 0 Å². The maximum Gasteiger partial charge on any atom is 0.251 e. The molecule has 0 atom stereocenters. The highest BCUT2D eigenvalue weighted by molar-refractivity contribution is 7.11. The predicted molar refractivity (Wildman–Crippen MR) is 73.8 cm³/mol. The molecule has 5 heteroatoms. The van der Waals surface area contributed by atoms with Gasteiger partial charge in [0.05, 0.1) is 18.2 Å². The van der Waals surface area contributed by atoms with Gasteiger partial charge in [0.1, 0.15) is 5.01 Å². The minimum absolute atomic E-state index is 0.189.